The first-order valence-corrected chi connectivity index (χ1v) is 11.3. The zero-order valence-corrected chi connectivity index (χ0v) is 20.3. The highest BCUT2D eigenvalue weighted by Crippen LogP contribution is 2.35. The van der Waals surface area contributed by atoms with Crippen molar-refractivity contribution in [2.75, 3.05) is 7.11 Å². The number of pyridine rings is 1. The first-order valence-electron chi connectivity index (χ1n) is 11.3. The lowest BCUT2D eigenvalue weighted by molar-refractivity contribution is -0.137. The van der Waals surface area contributed by atoms with Crippen LogP contribution in [0.15, 0.2) is 53.2 Å². The largest absolute Gasteiger partial charge is 0.493 e. The molecule has 2 aromatic carbocycles. The fourth-order valence-corrected chi connectivity index (χ4v) is 3.49. The number of fused-ring (bicyclic) bond motifs is 1. The van der Waals surface area contributed by atoms with E-state index in [4.69, 9.17) is 24.5 Å². The van der Waals surface area contributed by atoms with E-state index in [0.717, 1.165) is 5.39 Å². The number of benzene rings is 2. The Kier molecular flexibility index (Phi) is 6.97. The van der Waals surface area contributed by atoms with E-state index in [1.807, 2.05) is 64.1 Å². The SMILES string of the molecule is COc1cc(-c2nc(-c3cccc4c(OC(=O)[C@@H](N)C(C)C)nccc34)no2)ccc1OC(C)C. The third kappa shape index (κ3) is 5.09. The molecule has 4 aromatic rings. The number of methoxy groups -OCH3 is 1. The van der Waals surface area contributed by atoms with Gasteiger partial charge in [-0.15, -0.1) is 0 Å². The van der Waals surface area contributed by atoms with E-state index in [1.165, 1.54) is 0 Å². The monoisotopic (exact) mass is 476 g/mol. The van der Waals surface area contributed by atoms with Gasteiger partial charge in [0.2, 0.25) is 11.7 Å². The van der Waals surface area contributed by atoms with E-state index < -0.39 is 12.0 Å². The highest BCUT2D eigenvalue weighted by Gasteiger charge is 2.22. The molecule has 0 aliphatic carbocycles. The highest BCUT2D eigenvalue weighted by atomic mass is 16.5. The summed E-state index contributed by atoms with van der Waals surface area (Å²) in [5, 5.41) is 5.57. The molecular weight excluding hydrogens is 448 g/mol. The van der Waals surface area contributed by atoms with Crippen LogP contribution in [0.1, 0.15) is 27.7 Å². The lowest BCUT2D eigenvalue weighted by Gasteiger charge is -2.14. The van der Waals surface area contributed by atoms with Gasteiger partial charge in [0.15, 0.2) is 11.5 Å². The lowest BCUT2D eigenvalue weighted by atomic mass is 10.1. The first-order chi connectivity index (χ1) is 16.8. The number of carbonyl (C=O) groups excluding carboxylic acids is 1. The van der Waals surface area contributed by atoms with Crippen LogP contribution < -0.4 is 19.9 Å². The number of aromatic nitrogens is 3. The minimum absolute atomic E-state index is 0.0101. The molecule has 0 bridgehead atoms. The third-order valence-corrected chi connectivity index (χ3v) is 5.40. The Balaban J connectivity index is 1.68. The molecule has 1 atom stereocenters. The molecule has 0 radical (unpaired) electrons. The summed E-state index contributed by atoms with van der Waals surface area (Å²) < 4.78 is 22.3. The van der Waals surface area contributed by atoms with Crippen molar-refractivity contribution in [3.05, 3.63) is 48.7 Å². The third-order valence-electron chi connectivity index (χ3n) is 5.40. The molecule has 0 unspecified atom stereocenters. The summed E-state index contributed by atoms with van der Waals surface area (Å²) in [6.45, 7) is 7.61. The topological polar surface area (TPSA) is 123 Å². The van der Waals surface area contributed by atoms with Gasteiger partial charge in [-0.3, -0.25) is 0 Å². The molecule has 182 valence electrons. The van der Waals surface area contributed by atoms with Crippen LogP contribution in [-0.4, -0.2) is 40.3 Å². The van der Waals surface area contributed by atoms with E-state index >= 15 is 0 Å². The minimum atomic E-state index is -0.746. The van der Waals surface area contributed by atoms with E-state index in [1.54, 1.807) is 19.4 Å². The Labute approximate surface area is 203 Å². The van der Waals surface area contributed by atoms with Crippen LogP contribution in [0.3, 0.4) is 0 Å². The van der Waals surface area contributed by atoms with Crippen LogP contribution >= 0.6 is 0 Å². The molecular formula is C26H28N4O5. The van der Waals surface area contributed by atoms with Gasteiger partial charge < -0.3 is 24.5 Å². The Hall–Kier alpha value is -3.98. The number of nitrogens with two attached hydrogens (primary N) is 1. The highest BCUT2D eigenvalue weighted by molar-refractivity contribution is 5.98. The van der Waals surface area contributed by atoms with Crippen molar-refractivity contribution in [1.29, 1.82) is 0 Å². The van der Waals surface area contributed by atoms with Crippen LogP contribution in [0.5, 0.6) is 17.4 Å². The molecule has 9 nitrogen and oxygen atoms in total. The molecule has 2 heterocycles. The van der Waals surface area contributed by atoms with Gasteiger partial charge in [0.1, 0.15) is 6.04 Å². The molecule has 2 N–H and O–H groups in total. The summed E-state index contributed by atoms with van der Waals surface area (Å²) >= 11 is 0. The van der Waals surface area contributed by atoms with Crippen LogP contribution in [0.25, 0.3) is 33.6 Å². The second-order valence-corrected chi connectivity index (χ2v) is 8.66. The van der Waals surface area contributed by atoms with Crippen molar-refractivity contribution in [1.82, 2.24) is 15.1 Å². The van der Waals surface area contributed by atoms with Gasteiger partial charge in [-0.05, 0) is 55.5 Å². The normalized spacial score (nSPS) is 12.2. The average molecular weight is 477 g/mol. The minimum Gasteiger partial charge on any atom is -0.493 e. The number of hydrogen-bond acceptors (Lipinski definition) is 9. The summed E-state index contributed by atoms with van der Waals surface area (Å²) in [7, 11) is 1.58. The first kappa shape index (κ1) is 24.2. The molecule has 0 aliphatic rings. The molecule has 2 aromatic heterocycles. The van der Waals surface area contributed by atoms with Crippen molar-refractivity contribution in [2.24, 2.45) is 11.7 Å². The molecule has 4 rings (SSSR count). The molecule has 35 heavy (non-hydrogen) atoms. The maximum absolute atomic E-state index is 12.4. The van der Waals surface area contributed by atoms with Gasteiger partial charge in [0.25, 0.3) is 5.89 Å². The van der Waals surface area contributed by atoms with Crippen LogP contribution in [-0.2, 0) is 4.79 Å². The van der Waals surface area contributed by atoms with Crippen LogP contribution in [0.4, 0.5) is 0 Å². The second kappa shape index (κ2) is 10.1. The zero-order chi connectivity index (χ0) is 25.1. The van der Waals surface area contributed by atoms with E-state index in [0.29, 0.717) is 39.7 Å². The van der Waals surface area contributed by atoms with Crippen molar-refractivity contribution in [3.63, 3.8) is 0 Å². The summed E-state index contributed by atoms with van der Waals surface area (Å²) in [6.07, 6.45) is 1.57. The van der Waals surface area contributed by atoms with Gasteiger partial charge in [-0.1, -0.05) is 31.1 Å². The Morgan fingerprint density at radius 3 is 2.54 bits per heavy atom. The molecule has 0 fully saturated rings. The predicted octanol–water partition coefficient (Wildman–Crippen LogP) is 4.64. The summed E-state index contributed by atoms with van der Waals surface area (Å²) in [5.41, 5.74) is 7.33. The Morgan fingerprint density at radius 2 is 1.83 bits per heavy atom. The van der Waals surface area contributed by atoms with Crippen LogP contribution in [0, 0.1) is 5.92 Å². The summed E-state index contributed by atoms with van der Waals surface area (Å²) in [4.78, 5) is 21.2. The van der Waals surface area contributed by atoms with Crippen molar-refractivity contribution >= 4 is 16.7 Å². The molecule has 0 amide bonds. The van der Waals surface area contributed by atoms with E-state index in [2.05, 4.69) is 15.1 Å². The second-order valence-electron chi connectivity index (χ2n) is 8.66. The predicted molar refractivity (Wildman–Crippen MR) is 131 cm³/mol. The molecule has 0 saturated heterocycles. The van der Waals surface area contributed by atoms with Gasteiger partial charge in [0, 0.05) is 22.7 Å². The van der Waals surface area contributed by atoms with E-state index in [-0.39, 0.29) is 17.9 Å². The quantitative estimate of drug-likeness (QED) is 0.362. The number of hydrogen-bond donors (Lipinski definition) is 1. The molecule has 9 heteroatoms. The number of ether oxygens (including phenoxy) is 3. The molecule has 0 saturated carbocycles. The van der Waals surface area contributed by atoms with Crippen molar-refractivity contribution in [3.8, 4) is 40.2 Å². The zero-order valence-electron chi connectivity index (χ0n) is 20.3. The summed E-state index contributed by atoms with van der Waals surface area (Å²) in [5.74, 6) is 1.50. The molecule has 0 aliphatic heterocycles. The number of carbonyl (C=O) groups is 1. The van der Waals surface area contributed by atoms with Crippen molar-refractivity contribution < 1.29 is 23.5 Å². The Bertz CT molecular complexity index is 1350. The molecule has 0 spiro atoms. The van der Waals surface area contributed by atoms with Gasteiger partial charge in [-0.2, -0.15) is 4.98 Å². The van der Waals surface area contributed by atoms with Gasteiger partial charge in [-0.25, -0.2) is 9.78 Å². The number of nitrogens with zero attached hydrogens (tertiary/aromatic N) is 3. The standard InChI is InChI=1S/C26H28N4O5/c1-14(2)22(27)26(31)34-25-19-8-6-7-18(17(19)11-12-28-25)23-29-24(35-30-23)16-9-10-20(33-15(3)4)21(13-16)32-5/h6-15,22H,27H2,1-5H3/t22-/m0/s1. The van der Waals surface area contributed by atoms with Crippen LogP contribution in [0.2, 0.25) is 0 Å². The van der Waals surface area contributed by atoms with Gasteiger partial charge >= 0.3 is 5.97 Å². The fraction of sp³-hybridized carbons (Fsp3) is 0.308. The van der Waals surface area contributed by atoms with E-state index in [9.17, 15) is 4.79 Å². The fourth-order valence-electron chi connectivity index (χ4n) is 3.49. The smallest absolute Gasteiger partial charge is 0.329 e. The van der Waals surface area contributed by atoms with Crippen molar-refractivity contribution in [2.45, 2.75) is 39.8 Å². The Morgan fingerprint density at radius 1 is 1.03 bits per heavy atom. The van der Waals surface area contributed by atoms with Gasteiger partial charge in [0.05, 0.1) is 13.2 Å². The maximum atomic E-state index is 12.4. The number of rotatable bonds is 8. The summed E-state index contributed by atoms with van der Waals surface area (Å²) in [6, 6.07) is 12.0. The maximum Gasteiger partial charge on any atom is 0.329 e. The average Bonchev–Trinajstić information content (AvgIpc) is 3.33. The lowest BCUT2D eigenvalue weighted by Crippen LogP contribution is -2.38. The number of esters is 1.